The van der Waals surface area contributed by atoms with E-state index in [1.165, 1.54) is 112 Å². The second kappa shape index (κ2) is 12.7. The van der Waals surface area contributed by atoms with Gasteiger partial charge >= 0.3 is 5.97 Å². The molecule has 9 rings (SSSR count). The van der Waals surface area contributed by atoms with Crippen molar-refractivity contribution in [2.24, 2.45) is 94.7 Å². The molecule has 9 aliphatic rings. The summed E-state index contributed by atoms with van der Waals surface area (Å²) < 4.78 is 11.3. The molecule has 4 nitrogen and oxygen atoms in total. The first-order valence-electron chi connectivity index (χ1n) is 20.6. The molecule has 0 aromatic heterocycles. The number of hydrogen-bond acceptors (Lipinski definition) is 4. The fourth-order valence-corrected chi connectivity index (χ4v) is 14.7. The lowest BCUT2D eigenvalue weighted by atomic mass is 9.20. The van der Waals surface area contributed by atoms with E-state index in [1.54, 1.807) is 38.5 Å². The largest absolute Gasteiger partial charge is 0.463 e. The number of carbonyl (C=O) groups excluding carboxylic acids is 1. The molecule has 17 atom stereocenters. The van der Waals surface area contributed by atoms with Crippen LogP contribution in [-0.2, 0) is 14.3 Å². The van der Waals surface area contributed by atoms with Gasteiger partial charge in [0.1, 0.15) is 12.7 Å². The summed E-state index contributed by atoms with van der Waals surface area (Å²) in [6, 6.07) is 0. The molecule has 0 bridgehead atoms. The maximum Gasteiger partial charge on any atom is 0.305 e. The van der Waals surface area contributed by atoms with Gasteiger partial charge in [-0.1, -0.05) is 64.2 Å². The van der Waals surface area contributed by atoms with E-state index in [0.717, 1.165) is 66.6 Å². The Kier molecular flexibility index (Phi) is 8.59. The smallest absolute Gasteiger partial charge is 0.305 e. The van der Waals surface area contributed by atoms with Crippen molar-refractivity contribution >= 4 is 5.97 Å². The highest BCUT2D eigenvalue weighted by Crippen LogP contribution is 2.84. The Hall–Kier alpha value is -0.610. The first-order valence-corrected chi connectivity index (χ1v) is 20.6. The summed E-state index contributed by atoms with van der Waals surface area (Å²) in [7, 11) is 0. The van der Waals surface area contributed by atoms with Crippen molar-refractivity contribution in [1.82, 2.24) is 0 Å². The molecule has 0 saturated heterocycles. The van der Waals surface area contributed by atoms with E-state index >= 15 is 0 Å². The molecular formula is C41H64O4. The Labute approximate surface area is 273 Å². The molecule has 0 aromatic carbocycles. The third-order valence-electron chi connectivity index (χ3n) is 17.0. The summed E-state index contributed by atoms with van der Waals surface area (Å²) in [6.07, 6.45) is 26.5. The Bertz CT molecular complexity index is 1050. The summed E-state index contributed by atoms with van der Waals surface area (Å²) in [4.78, 5) is 12.3. The normalized spacial score (nSPS) is 48.8. The second-order valence-corrected chi connectivity index (χ2v) is 18.4. The number of esters is 1. The average molecular weight is 621 g/mol. The van der Waals surface area contributed by atoms with Crippen LogP contribution in [0.15, 0.2) is 0 Å². The minimum Gasteiger partial charge on any atom is -0.463 e. The molecule has 4 heteroatoms. The van der Waals surface area contributed by atoms with Crippen LogP contribution in [0.25, 0.3) is 0 Å². The minimum absolute atomic E-state index is 0.0763. The fourth-order valence-electron chi connectivity index (χ4n) is 14.7. The fraction of sp³-hybridized carbons (Fsp3) is 0.976. The molecule has 252 valence electrons. The lowest BCUT2D eigenvalue weighted by Gasteiger charge is -2.85. The zero-order valence-electron chi connectivity index (χ0n) is 28.3. The van der Waals surface area contributed by atoms with Crippen LogP contribution < -0.4 is 0 Å². The van der Waals surface area contributed by atoms with Crippen molar-refractivity contribution in [2.45, 2.75) is 135 Å². The van der Waals surface area contributed by atoms with Gasteiger partial charge < -0.3 is 14.6 Å². The van der Waals surface area contributed by atoms with E-state index in [2.05, 4.69) is 0 Å². The Balaban J connectivity index is 0.551. The third-order valence-corrected chi connectivity index (χ3v) is 17.0. The van der Waals surface area contributed by atoms with Gasteiger partial charge in [0.15, 0.2) is 0 Å². The molecule has 1 N–H and O–H groups in total. The van der Waals surface area contributed by atoms with E-state index < -0.39 is 0 Å². The number of rotatable bonds is 19. The maximum absolute atomic E-state index is 12.3. The molecule has 9 aliphatic carbocycles. The number of ether oxygens (including phenoxy) is 2. The summed E-state index contributed by atoms with van der Waals surface area (Å²) in [5.74, 6) is 18.2. The lowest BCUT2D eigenvalue weighted by molar-refractivity contribution is -0.375. The zero-order chi connectivity index (χ0) is 30.1. The summed E-state index contributed by atoms with van der Waals surface area (Å²) in [5.41, 5.74) is 0. The first kappa shape index (κ1) is 30.4. The highest BCUT2D eigenvalue weighted by molar-refractivity contribution is 5.69. The van der Waals surface area contributed by atoms with Gasteiger partial charge in [-0.05, 0) is 152 Å². The van der Waals surface area contributed by atoms with Crippen LogP contribution in [0.1, 0.15) is 128 Å². The molecule has 45 heavy (non-hydrogen) atoms. The maximum atomic E-state index is 12.3. The topological polar surface area (TPSA) is 55.8 Å². The summed E-state index contributed by atoms with van der Waals surface area (Å²) in [5, 5.41) is 9.70. The van der Waals surface area contributed by atoms with Crippen molar-refractivity contribution in [1.29, 1.82) is 0 Å². The highest BCUT2D eigenvalue weighted by atomic mass is 16.6. The van der Waals surface area contributed by atoms with Gasteiger partial charge in [0, 0.05) is 13.0 Å². The van der Waals surface area contributed by atoms with Crippen LogP contribution >= 0.6 is 0 Å². The van der Waals surface area contributed by atoms with Gasteiger partial charge in [-0.2, -0.15) is 0 Å². The van der Waals surface area contributed by atoms with Crippen LogP contribution in [-0.4, -0.2) is 37.0 Å². The molecule has 0 spiro atoms. The Morgan fingerprint density at radius 2 is 1.18 bits per heavy atom. The van der Waals surface area contributed by atoms with E-state index in [9.17, 15) is 9.90 Å². The zero-order valence-corrected chi connectivity index (χ0v) is 28.3. The van der Waals surface area contributed by atoms with Gasteiger partial charge in [0.05, 0.1) is 6.61 Å². The number of aliphatic hydroxyl groups is 1. The molecule has 0 amide bonds. The van der Waals surface area contributed by atoms with Crippen LogP contribution in [0.4, 0.5) is 0 Å². The van der Waals surface area contributed by atoms with Crippen molar-refractivity contribution in [3.8, 4) is 0 Å². The molecule has 0 heterocycles. The Morgan fingerprint density at radius 3 is 1.96 bits per heavy atom. The quantitative estimate of drug-likeness (QED) is 0.0892. The summed E-state index contributed by atoms with van der Waals surface area (Å²) in [6.45, 7) is 0.774. The molecule has 0 aromatic rings. The predicted molar refractivity (Wildman–Crippen MR) is 176 cm³/mol. The second-order valence-electron chi connectivity index (χ2n) is 18.4. The van der Waals surface area contributed by atoms with Crippen molar-refractivity contribution < 1.29 is 19.4 Å². The van der Waals surface area contributed by atoms with Gasteiger partial charge in [0.25, 0.3) is 0 Å². The van der Waals surface area contributed by atoms with Crippen LogP contribution in [0.5, 0.6) is 0 Å². The molecule has 0 radical (unpaired) electrons. The van der Waals surface area contributed by atoms with E-state index in [4.69, 9.17) is 9.47 Å². The molecular weight excluding hydrogens is 556 g/mol. The standard InChI is InChI=1S/C41H64O4/c42-22-26(44-19-9-4-2-1-3-6-10-24-13-14-31-32(20-24)37-28-16-15-27(28)36(31)37)23-45-34(43)12-8-5-7-11-25-21-33-35(25)41-39-30-18-17-29(30)38(39)40(33)41/h24-33,35-42H,1-23H2/t24?,25?,26-,27?,28?,29?,30?,31?,32?,33?,35?,36?,37?,38?,39?,40?,41?/m0/s1. The summed E-state index contributed by atoms with van der Waals surface area (Å²) >= 11 is 0. The third kappa shape index (κ3) is 5.04. The Morgan fingerprint density at radius 1 is 0.578 bits per heavy atom. The SMILES string of the molecule is O=C(CCCCCC1CC2C1C1C3C4CCC4C3C21)OC[C@H](CO)OCCCCCCCCC1CCC2C(C1)C1C3CCC3C21. The average Bonchev–Trinajstić information content (AvgIpc) is 3.01. The van der Waals surface area contributed by atoms with E-state index in [-0.39, 0.29) is 25.3 Å². The van der Waals surface area contributed by atoms with Gasteiger partial charge in [0.2, 0.25) is 0 Å². The number of carbonyl (C=O) groups is 1. The number of hydrogen-bond donors (Lipinski definition) is 1. The molecule has 9 fully saturated rings. The van der Waals surface area contributed by atoms with Gasteiger partial charge in [-0.25, -0.2) is 0 Å². The molecule has 0 aliphatic heterocycles. The van der Waals surface area contributed by atoms with E-state index in [1.807, 2.05) is 0 Å². The molecule has 9 saturated carbocycles. The highest BCUT2D eigenvalue weighted by Gasteiger charge is 2.79. The van der Waals surface area contributed by atoms with Crippen molar-refractivity contribution in [2.75, 3.05) is 19.8 Å². The number of aliphatic hydroxyl groups excluding tert-OH is 1. The van der Waals surface area contributed by atoms with Crippen molar-refractivity contribution in [3.05, 3.63) is 0 Å². The van der Waals surface area contributed by atoms with Crippen LogP contribution in [0, 0.1) is 94.7 Å². The predicted octanol–water partition coefficient (Wildman–Crippen LogP) is 8.69. The van der Waals surface area contributed by atoms with Gasteiger partial charge in [-0.3, -0.25) is 4.79 Å². The van der Waals surface area contributed by atoms with E-state index in [0.29, 0.717) is 13.0 Å². The van der Waals surface area contributed by atoms with Crippen molar-refractivity contribution in [3.63, 3.8) is 0 Å². The minimum atomic E-state index is -0.375. The van der Waals surface area contributed by atoms with Crippen LogP contribution in [0.2, 0.25) is 0 Å². The number of unbranched alkanes of at least 4 members (excludes halogenated alkanes) is 7. The lowest BCUT2D eigenvalue weighted by Crippen LogP contribution is -2.80. The monoisotopic (exact) mass is 620 g/mol. The van der Waals surface area contributed by atoms with Crippen LogP contribution in [0.3, 0.4) is 0 Å². The molecule has 16 unspecified atom stereocenters. The van der Waals surface area contributed by atoms with Gasteiger partial charge in [-0.15, -0.1) is 0 Å². The first-order chi connectivity index (χ1) is 22.2. The number of fused-ring (bicyclic) bond motifs is 17.